The van der Waals surface area contributed by atoms with Gasteiger partial charge in [-0.1, -0.05) is 32.3 Å². The Morgan fingerprint density at radius 1 is 1.25 bits per heavy atom. The molecule has 0 aliphatic rings. The molecule has 0 heterocycles. The Bertz CT molecular complexity index is 567. The first kappa shape index (κ1) is 16.7. The van der Waals surface area contributed by atoms with Gasteiger partial charge in [0, 0.05) is 0 Å². The van der Waals surface area contributed by atoms with E-state index < -0.39 is 16.0 Å². The topological polar surface area (TPSA) is 86.5 Å². The highest BCUT2D eigenvalue weighted by molar-refractivity contribution is 7.89. The number of ether oxygens (including phenoxy) is 1. The fourth-order valence-corrected chi connectivity index (χ4v) is 2.31. The summed E-state index contributed by atoms with van der Waals surface area (Å²) < 4.78 is 27.7. The predicted molar refractivity (Wildman–Crippen MR) is 77.0 cm³/mol. The third kappa shape index (κ3) is 4.94. The number of esters is 1. The van der Waals surface area contributed by atoms with E-state index in [2.05, 4.69) is 6.92 Å². The third-order valence-corrected chi connectivity index (χ3v) is 3.90. The van der Waals surface area contributed by atoms with Crippen molar-refractivity contribution < 1.29 is 17.9 Å². The molecule has 0 saturated heterocycles. The van der Waals surface area contributed by atoms with Gasteiger partial charge in [0.05, 0.1) is 17.1 Å². The Kier molecular flexibility index (Phi) is 6.16. The van der Waals surface area contributed by atoms with Gasteiger partial charge < -0.3 is 4.74 Å². The minimum atomic E-state index is -3.82. The van der Waals surface area contributed by atoms with E-state index in [0.29, 0.717) is 12.2 Å². The van der Waals surface area contributed by atoms with Crippen LogP contribution < -0.4 is 5.14 Å². The van der Waals surface area contributed by atoms with Gasteiger partial charge >= 0.3 is 5.97 Å². The lowest BCUT2D eigenvalue weighted by molar-refractivity contribution is 0.0496. The SMILES string of the molecule is CCCCCCOC(=O)c1cc(S(N)(=O)=O)ccc1C. The maximum absolute atomic E-state index is 11.9. The summed E-state index contributed by atoms with van der Waals surface area (Å²) in [5.41, 5.74) is 0.906. The molecule has 0 fully saturated rings. The van der Waals surface area contributed by atoms with Crippen LogP contribution in [-0.2, 0) is 14.8 Å². The number of carbonyl (C=O) groups is 1. The second kappa shape index (κ2) is 7.40. The van der Waals surface area contributed by atoms with Crippen LogP contribution >= 0.6 is 0 Å². The van der Waals surface area contributed by atoms with Gasteiger partial charge in [0.25, 0.3) is 0 Å². The summed E-state index contributed by atoms with van der Waals surface area (Å²) in [4.78, 5) is 11.8. The van der Waals surface area contributed by atoms with Crippen molar-refractivity contribution in [1.29, 1.82) is 0 Å². The minimum absolute atomic E-state index is 0.0824. The van der Waals surface area contributed by atoms with Crippen molar-refractivity contribution in [1.82, 2.24) is 0 Å². The standard InChI is InChI=1S/C14H21NO4S/c1-3-4-5-6-9-19-14(16)13-10-12(20(15,17)18)8-7-11(13)2/h7-8,10H,3-6,9H2,1-2H3,(H2,15,17,18). The average Bonchev–Trinajstić information content (AvgIpc) is 2.37. The molecule has 1 aromatic carbocycles. The van der Waals surface area contributed by atoms with Crippen molar-refractivity contribution in [3.8, 4) is 0 Å². The minimum Gasteiger partial charge on any atom is -0.462 e. The summed E-state index contributed by atoms with van der Waals surface area (Å²) in [6, 6.07) is 4.19. The summed E-state index contributed by atoms with van der Waals surface area (Å²) in [5.74, 6) is -0.510. The van der Waals surface area contributed by atoms with E-state index in [0.717, 1.165) is 25.7 Å². The van der Waals surface area contributed by atoms with Crippen molar-refractivity contribution in [2.45, 2.75) is 44.4 Å². The zero-order chi connectivity index (χ0) is 15.2. The number of unbranched alkanes of at least 4 members (excludes halogenated alkanes) is 3. The fraction of sp³-hybridized carbons (Fsp3) is 0.500. The number of sulfonamides is 1. The molecule has 0 bridgehead atoms. The Hall–Kier alpha value is -1.40. The number of hydrogen-bond donors (Lipinski definition) is 1. The van der Waals surface area contributed by atoms with Crippen LogP contribution in [0.1, 0.15) is 48.5 Å². The van der Waals surface area contributed by atoms with Crippen LogP contribution in [0.5, 0.6) is 0 Å². The van der Waals surface area contributed by atoms with Crippen LogP contribution in [0.2, 0.25) is 0 Å². The molecule has 1 rings (SSSR count). The maximum Gasteiger partial charge on any atom is 0.338 e. The lowest BCUT2D eigenvalue weighted by atomic mass is 10.1. The van der Waals surface area contributed by atoms with Gasteiger partial charge in [-0.25, -0.2) is 18.4 Å². The molecule has 0 saturated carbocycles. The molecule has 0 radical (unpaired) electrons. The zero-order valence-corrected chi connectivity index (χ0v) is 12.7. The van der Waals surface area contributed by atoms with Crippen molar-refractivity contribution in [3.63, 3.8) is 0 Å². The molecule has 0 spiro atoms. The maximum atomic E-state index is 11.9. The van der Waals surface area contributed by atoms with Gasteiger partial charge in [0.15, 0.2) is 0 Å². The van der Waals surface area contributed by atoms with Crippen molar-refractivity contribution in [3.05, 3.63) is 29.3 Å². The van der Waals surface area contributed by atoms with Gasteiger partial charge in [0.2, 0.25) is 10.0 Å². The molecule has 0 amide bonds. The smallest absolute Gasteiger partial charge is 0.338 e. The van der Waals surface area contributed by atoms with E-state index in [-0.39, 0.29) is 10.5 Å². The highest BCUT2D eigenvalue weighted by atomic mass is 32.2. The predicted octanol–water partition coefficient (Wildman–Crippen LogP) is 2.38. The van der Waals surface area contributed by atoms with E-state index >= 15 is 0 Å². The molecule has 5 nitrogen and oxygen atoms in total. The summed E-state index contributed by atoms with van der Waals surface area (Å²) in [5, 5.41) is 5.05. The Morgan fingerprint density at radius 3 is 2.55 bits per heavy atom. The second-order valence-electron chi connectivity index (χ2n) is 4.72. The molecule has 0 aromatic heterocycles. The normalized spacial score (nSPS) is 11.3. The molecule has 6 heteroatoms. The molecular formula is C14H21NO4S. The largest absolute Gasteiger partial charge is 0.462 e. The molecule has 112 valence electrons. The summed E-state index contributed by atoms with van der Waals surface area (Å²) in [6.45, 7) is 4.17. The Balaban J connectivity index is 2.72. The van der Waals surface area contributed by atoms with Crippen LogP contribution in [-0.4, -0.2) is 21.0 Å². The highest BCUT2D eigenvalue weighted by Gasteiger charge is 2.15. The van der Waals surface area contributed by atoms with E-state index in [9.17, 15) is 13.2 Å². The Labute approximate surface area is 120 Å². The van der Waals surface area contributed by atoms with Crippen LogP contribution in [0.25, 0.3) is 0 Å². The van der Waals surface area contributed by atoms with Crippen molar-refractivity contribution in [2.24, 2.45) is 5.14 Å². The molecule has 0 aliphatic heterocycles. The van der Waals surface area contributed by atoms with Crippen LogP contribution in [0.4, 0.5) is 0 Å². The van der Waals surface area contributed by atoms with Crippen LogP contribution in [0.15, 0.2) is 23.1 Å². The molecule has 0 aliphatic carbocycles. The molecular weight excluding hydrogens is 278 g/mol. The number of carbonyl (C=O) groups excluding carboxylic acids is 1. The van der Waals surface area contributed by atoms with Gasteiger partial charge in [-0.05, 0) is 31.0 Å². The first-order valence-corrected chi connectivity index (χ1v) is 8.21. The lowest BCUT2D eigenvalue weighted by Gasteiger charge is -2.08. The van der Waals surface area contributed by atoms with Gasteiger partial charge in [-0.2, -0.15) is 0 Å². The Morgan fingerprint density at radius 2 is 1.95 bits per heavy atom. The molecule has 0 atom stereocenters. The lowest BCUT2D eigenvalue weighted by Crippen LogP contribution is -2.14. The molecule has 2 N–H and O–H groups in total. The highest BCUT2D eigenvalue weighted by Crippen LogP contribution is 2.16. The number of nitrogens with two attached hydrogens (primary N) is 1. The summed E-state index contributed by atoms with van der Waals surface area (Å²) in [7, 11) is -3.82. The molecule has 20 heavy (non-hydrogen) atoms. The quantitative estimate of drug-likeness (QED) is 0.618. The van der Waals surface area contributed by atoms with Crippen LogP contribution in [0, 0.1) is 6.92 Å². The number of primary sulfonamides is 1. The van der Waals surface area contributed by atoms with Gasteiger partial charge in [-0.3, -0.25) is 0 Å². The number of benzene rings is 1. The van der Waals surface area contributed by atoms with E-state index in [1.54, 1.807) is 13.0 Å². The van der Waals surface area contributed by atoms with E-state index in [1.807, 2.05) is 0 Å². The molecule has 1 aromatic rings. The first-order chi connectivity index (χ1) is 9.36. The fourth-order valence-electron chi connectivity index (χ4n) is 1.77. The van der Waals surface area contributed by atoms with E-state index in [4.69, 9.17) is 9.88 Å². The van der Waals surface area contributed by atoms with E-state index in [1.165, 1.54) is 12.1 Å². The summed E-state index contributed by atoms with van der Waals surface area (Å²) >= 11 is 0. The zero-order valence-electron chi connectivity index (χ0n) is 11.9. The monoisotopic (exact) mass is 299 g/mol. The molecule has 0 unspecified atom stereocenters. The third-order valence-electron chi connectivity index (χ3n) is 2.99. The number of hydrogen-bond acceptors (Lipinski definition) is 4. The van der Waals surface area contributed by atoms with Gasteiger partial charge in [0.1, 0.15) is 0 Å². The number of rotatable bonds is 7. The average molecular weight is 299 g/mol. The van der Waals surface area contributed by atoms with Crippen LogP contribution in [0.3, 0.4) is 0 Å². The first-order valence-electron chi connectivity index (χ1n) is 6.67. The second-order valence-corrected chi connectivity index (χ2v) is 6.28. The van der Waals surface area contributed by atoms with Gasteiger partial charge in [-0.15, -0.1) is 0 Å². The van der Waals surface area contributed by atoms with Crippen molar-refractivity contribution in [2.75, 3.05) is 6.61 Å². The summed E-state index contributed by atoms with van der Waals surface area (Å²) in [6.07, 6.45) is 4.05. The number of aryl methyl sites for hydroxylation is 1. The van der Waals surface area contributed by atoms with Crippen molar-refractivity contribution >= 4 is 16.0 Å².